The Morgan fingerprint density at radius 1 is 0.923 bits per heavy atom. The van der Waals surface area contributed by atoms with E-state index in [0.717, 1.165) is 11.6 Å². The van der Waals surface area contributed by atoms with Crippen molar-refractivity contribution in [1.29, 1.82) is 0 Å². The number of piperazine rings is 1. The first kappa shape index (κ1) is 28.7. The van der Waals surface area contributed by atoms with Gasteiger partial charge in [0, 0.05) is 32.7 Å². The van der Waals surface area contributed by atoms with E-state index in [9.17, 15) is 26.4 Å². The molecule has 1 aliphatic heterocycles. The fourth-order valence-corrected chi connectivity index (χ4v) is 5.88. The molecule has 4 rings (SSSR count). The van der Waals surface area contributed by atoms with Crippen molar-refractivity contribution < 1.29 is 26.4 Å². The summed E-state index contributed by atoms with van der Waals surface area (Å²) in [6, 6.07) is 20.0. The van der Waals surface area contributed by atoms with Crippen molar-refractivity contribution in [3.63, 3.8) is 0 Å². The van der Waals surface area contributed by atoms with Crippen molar-refractivity contribution in [1.82, 2.24) is 9.80 Å². The number of sulfonamides is 1. The van der Waals surface area contributed by atoms with Gasteiger partial charge in [-0.25, -0.2) is 8.42 Å². The summed E-state index contributed by atoms with van der Waals surface area (Å²) < 4.78 is 68.4. The third-order valence-electron chi connectivity index (χ3n) is 6.35. The quantitative estimate of drug-likeness (QED) is 0.359. The van der Waals surface area contributed by atoms with Gasteiger partial charge >= 0.3 is 6.18 Å². The predicted molar refractivity (Wildman–Crippen MR) is 146 cm³/mol. The lowest BCUT2D eigenvalue weighted by Crippen LogP contribution is -2.51. The van der Waals surface area contributed by atoms with E-state index in [1.165, 1.54) is 35.2 Å². The van der Waals surface area contributed by atoms with E-state index in [0.29, 0.717) is 43.1 Å². The number of rotatable bonds is 8. The molecule has 3 aromatic carbocycles. The average molecular weight is 578 g/mol. The van der Waals surface area contributed by atoms with Crippen molar-refractivity contribution in [3.05, 3.63) is 101 Å². The second-order valence-electron chi connectivity index (χ2n) is 8.98. The van der Waals surface area contributed by atoms with Crippen LogP contribution in [0, 0.1) is 0 Å². The number of alkyl halides is 3. The van der Waals surface area contributed by atoms with Crippen LogP contribution in [0.1, 0.15) is 11.1 Å². The second kappa shape index (κ2) is 12.2. The van der Waals surface area contributed by atoms with Gasteiger partial charge in [-0.1, -0.05) is 72.3 Å². The van der Waals surface area contributed by atoms with E-state index in [2.05, 4.69) is 4.90 Å². The molecule has 0 saturated carbocycles. The van der Waals surface area contributed by atoms with Crippen molar-refractivity contribution in [2.45, 2.75) is 11.1 Å². The van der Waals surface area contributed by atoms with E-state index in [-0.39, 0.29) is 10.6 Å². The number of carbonyl (C=O) groups excluding carboxylic acids is 1. The third kappa shape index (κ3) is 7.20. The first-order chi connectivity index (χ1) is 18.6. The summed E-state index contributed by atoms with van der Waals surface area (Å²) in [5, 5.41) is -0.563. The van der Waals surface area contributed by atoms with Gasteiger partial charge in [-0.05, 0) is 35.9 Å². The molecule has 11 heteroatoms. The molecule has 0 aliphatic carbocycles. The summed E-state index contributed by atoms with van der Waals surface area (Å²) >= 11 is 5.76. The van der Waals surface area contributed by atoms with Crippen LogP contribution in [-0.2, 0) is 21.0 Å². The Morgan fingerprint density at radius 2 is 1.54 bits per heavy atom. The number of amides is 1. The zero-order valence-electron chi connectivity index (χ0n) is 20.9. The molecule has 0 bridgehead atoms. The van der Waals surface area contributed by atoms with Gasteiger partial charge < -0.3 is 4.90 Å². The molecule has 1 fully saturated rings. The van der Waals surface area contributed by atoms with E-state index in [1.807, 2.05) is 42.5 Å². The molecule has 0 atom stereocenters. The number of hydrogen-bond donors (Lipinski definition) is 0. The molecular formula is C28H27ClF3N3O3S. The van der Waals surface area contributed by atoms with Gasteiger partial charge in [0.25, 0.3) is 10.0 Å². The smallest absolute Gasteiger partial charge is 0.339 e. The Morgan fingerprint density at radius 3 is 2.15 bits per heavy atom. The molecule has 1 heterocycles. The van der Waals surface area contributed by atoms with Gasteiger partial charge in [-0.15, -0.1) is 0 Å². The number of nitrogens with zero attached hydrogens (tertiary/aromatic N) is 3. The lowest BCUT2D eigenvalue weighted by Gasteiger charge is -2.35. The molecule has 0 unspecified atom stereocenters. The minimum atomic E-state index is -4.80. The number of anilines is 1. The van der Waals surface area contributed by atoms with Crippen LogP contribution in [0.15, 0.2) is 89.8 Å². The summed E-state index contributed by atoms with van der Waals surface area (Å²) in [7, 11) is -4.36. The van der Waals surface area contributed by atoms with Crippen molar-refractivity contribution in [2.24, 2.45) is 0 Å². The Balaban J connectivity index is 1.50. The minimum Gasteiger partial charge on any atom is -0.339 e. The molecular weight excluding hydrogens is 551 g/mol. The summed E-state index contributed by atoms with van der Waals surface area (Å²) in [6.45, 7) is 1.93. The van der Waals surface area contributed by atoms with E-state index < -0.39 is 39.2 Å². The summed E-state index contributed by atoms with van der Waals surface area (Å²) in [4.78, 5) is 16.8. The highest BCUT2D eigenvalue weighted by Crippen LogP contribution is 2.38. The minimum absolute atomic E-state index is 0.142. The van der Waals surface area contributed by atoms with Crippen molar-refractivity contribution >= 4 is 39.3 Å². The number of carbonyl (C=O) groups is 1. The highest BCUT2D eigenvalue weighted by atomic mass is 35.5. The van der Waals surface area contributed by atoms with Gasteiger partial charge in [-0.3, -0.25) is 14.0 Å². The average Bonchev–Trinajstić information content (AvgIpc) is 2.93. The largest absolute Gasteiger partial charge is 0.417 e. The lowest BCUT2D eigenvalue weighted by atomic mass is 10.2. The zero-order chi connectivity index (χ0) is 28.0. The van der Waals surface area contributed by atoms with E-state index in [1.54, 1.807) is 6.07 Å². The van der Waals surface area contributed by atoms with Gasteiger partial charge in [-0.2, -0.15) is 13.2 Å². The Hall–Kier alpha value is -3.34. The standard InChI is InChI=1S/C28H27ClF3N3O3S/c29-26-14-13-23(20-25(26)28(30,31)32)35(39(37,38)24-11-5-2-6-12-24)21-27(36)34-18-16-33(17-19-34)15-7-10-22-8-3-1-4-9-22/h1-14,20H,15-19,21H2/b10-7+. The SMILES string of the molecule is O=C(CN(c1ccc(Cl)c(C(F)(F)F)c1)S(=O)(=O)c1ccccc1)N1CCN(C/C=C/c2ccccc2)CC1. The van der Waals surface area contributed by atoms with Gasteiger partial charge in [0.1, 0.15) is 6.54 Å². The predicted octanol–water partition coefficient (Wildman–Crippen LogP) is 5.41. The number of hydrogen-bond acceptors (Lipinski definition) is 4. The third-order valence-corrected chi connectivity index (χ3v) is 8.47. The van der Waals surface area contributed by atoms with E-state index in [4.69, 9.17) is 11.6 Å². The van der Waals surface area contributed by atoms with Crippen LogP contribution < -0.4 is 4.31 Å². The fraction of sp³-hybridized carbons (Fsp3) is 0.250. The zero-order valence-corrected chi connectivity index (χ0v) is 22.5. The molecule has 1 amide bonds. The summed E-state index contributed by atoms with van der Waals surface area (Å²) in [6.07, 6.45) is -0.741. The normalized spacial score (nSPS) is 15.0. The van der Waals surface area contributed by atoms with Gasteiger partial charge in [0.15, 0.2) is 0 Å². The molecule has 39 heavy (non-hydrogen) atoms. The van der Waals surface area contributed by atoms with Crippen LogP contribution in [0.3, 0.4) is 0 Å². The second-order valence-corrected chi connectivity index (χ2v) is 11.3. The lowest BCUT2D eigenvalue weighted by molar-refractivity contribution is -0.137. The Labute approximate surface area is 231 Å². The van der Waals surface area contributed by atoms with Crippen LogP contribution in [0.4, 0.5) is 18.9 Å². The van der Waals surface area contributed by atoms with Gasteiger partial charge in [0.2, 0.25) is 5.91 Å². The maximum atomic E-state index is 13.5. The van der Waals surface area contributed by atoms with Crippen LogP contribution in [0.2, 0.25) is 5.02 Å². The fourth-order valence-electron chi connectivity index (χ4n) is 4.23. The van der Waals surface area contributed by atoms with E-state index >= 15 is 0 Å². The Kier molecular flexibility index (Phi) is 8.99. The number of halogens is 4. The van der Waals surface area contributed by atoms with Crippen molar-refractivity contribution in [2.75, 3.05) is 43.6 Å². The highest BCUT2D eigenvalue weighted by molar-refractivity contribution is 7.92. The molecule has 0 aromatic heterocycles. The monoisotopic (exact) mass is 577 g/mol. The first-order valence-corrected chi connectivity index (χ1v) is 14.0. The molecule has 0 N–H and O–H groups in total. The molecule has 1 saturated heterocycles. The first-order valence-electron chi connectivity index (χ1n) is 12.2. The number of benzene rings is 3. The van der Waals surface area contributed by atoms with Crippen LogP contribution in [0.5, 0.6) is 0 Å². The maximum absolute atomic E-state index is 13.5. The van der Waals surface area contributed by atoms with Crippen molar-refractivity contribution in [3.8, 4) is 0 Å². The molecule has 206 valence electrons. The molecule has 3 aromatic rings. The van der Waals surface area contributed by atoms with Crippen LogP contribution in [-0.4, -0.2) is 63.4 Å². The molecule has 0 radical (unpaired) electrons. The molecule has 6 nitrogen and oxygen atoms in total. The molecule has 1 aliphatic rings. The van der Waals surface area contributed by atoms with Crippen LogP contribution in [0.25, 0.3) is 6.08 Å². The summed E-state index contributed by atoms with van der Waals surface area (Å²) in [5.74, 6) is -0.502. The molecule has 0 spiro atoms. The Bertz CT molecular complexity index is 1410. The maximum Gasteiger partial charge on any atom is 0.417 e. The summed E-state index contributed by atoms with van der Waals surface area (Å²) in [5.41, 5.74) is -0.393. The topological polar surface area (TPSA) is 60.9 Å². The highest BCUT2D eigenvalue weighted by Gasteiger charge is 2.36. The van der Waals surface area contributed by atoms with Gasteiger partial charge in [0.05, 0.1) is 21.2 Å². The van der Waals surface area contributed by atoms with Crippen LogP contribution >= 0.6 is 11.6 Å².